The van der Waals surface area contributed by atoms with E-state index in [2.05, 4.69) is 30.2 Å². The molecule has 4 rings (SSSR count). The summed E-state index contributed by atoms with van der Waals surface area (Å²) in [6, 6.07) is 7.77. The fourth-order valence-electron chi connectivity index (χ4n) is 4.77. The fraction of sp³-hybridized carbons (Fsp3) is 0.550. The molecule has 1 aromatic carbocycles. The Bertz CT molecular complexity index is 741. The van der Waals surface area contributed by atoms with E-state index in [1.54, 1.807) is 6.07 Å². The maximum atomic E-state index is 9.94. The molecule has 2 fully saturated rings. The number of aromatic hydroxyl groups is 1. The molecule has 0 amide bonds. The average Bonchev–Trinajstić information content (AvgIpc) is 2.63. The molecule has 2 unspecified atom stereocenters. The van der Waals surface area contributed by atoms with Gasteiger partial charge in [-0.1, -0.05) is 13.8 Å². The van der Waals surface area contributed by atoms with Gasteiger partial charge in [0.2, 0.25) is 0 Å². The summed E-state index contributed by atoms with van der Waals surface area (Å²) in [5, 5.41) is 14.6. The van der Waals surface area contributed by atoms with Crippen LogP contribution in [0.3, 0.4) is 0 Å². The summed E-state index contributed by atoms with van der Waals surface area (Å²) >= 11 is 0. The van der Waals surface area contributed by atoms with Crippen molar-refractivity contribution in [3.8, 4) is 5.75 Å². The number of nitrogens with zero attached hydrogens (tertiary/aromatic N) is 1. The van der Waals surface area contributed by atoms with E-state index in [-0.39, 0.29) is 17.5 Å². The molecule has 0 aliphatic carbocycles. The highest BCUT2D eigenvalue weighted by atomic mass is 16.5. The van der Waals surface area contributed by atoms with E-state index in [1.807, 2.05) is 18.3 Å². The molecule has 2 saturated heterocycles. The van der Waals surface area contributed by atoms with Crippen LogP contribution in [0.2, 0.25) is 0 Å². The van der Waals surface area contributed by atoms with Crippen LogP contribution in [0, 0.1) is 5.92 Å². The van der Waals surface area contributed by atoms with Gasteiger partial charge in [0.1, 0.15) is 5.75 Å². The van der Waals surface area contributed by atoms with Gasteiger partial charge in [0.15, 0.2) is 0 Å². The number of benzene rings is 1. The molecule has 1 aromatic heterocycles. The summed E-state index contributed by atoms with van der Waals surface area (Å²) in [7, 11) is 0. The lowest BCUT2D eigenvalue weighted by molar-refractivity contribution is -0.192. The van der Waals surface area contributed by atoms with Gasteiger partial charge in [-0.2, -0.15) is 0 Å². The Kier molecular flexibility index (Phi) is 3.97. The normalized spacial score (nSPS) is 28.8. The van der Waals surface area contributed by atoms with Crippen molar-refractivity contribution < 1.29 is 9.84 Å². The van der Waals surface area contributed by atoms with Gasteiger partial charge in [0, 0.05) is 17.6 Å². The Balaban J connectivity index is 1.82. The standard InChI is InChI=1S/C20H26N2O2/c1-3-20(4-2)13-7-9-22-18(11-13)19(24-20)15-8-10-21-17-6-5-14(23)12-16(15)17/h5-6,8,10,12-13,18-19,22-23H,3-4,7,9,11H2,1-2H3/t13?,18?,19-/m0/s1. The van der Waals surface area contributed by atoms with Gasteiger partial charge in [-0.05, 0) is 68.0 Å². The molecular weight excluding hydrogens is 300 g/mol. The maximum Gasteiger partial charge on any atom is 0.116 e. The molecule has 0 radical (unpaired) electrons. The number of phenols is 1. The highest BCUT2D eigenvalue weighted by Gasteiger charge is 2.48. The Morgan fingerprint density at radius 1 is 1.29 bits per heavy atom. The first-order chi connectivity index (χ1) is 11.7. The lowest BCUT2D eigenvalue weighted by Crippen LogP contribution is -2.57. The smallest absolute Gasteiger partial charge is 0.116 e. The maximum absolute atomic E-state index is 9.94. The Labute approximate surface area is 143 Å². The van der Waals surface area contributed by atoms with E-state index in [1.165, 1.54) is 6.42 Å². The summed E-state index contributed by atoms with van der Waals surface area (Å²) in [4.78, 5) is 4.45. The van der Waals surface area contributed by atoms with Crippen LogP contribution in [0.25, 0.3) is 10.9 Å². The minimum absolute atomic E-state index is 0.00810. The van der Waals surface area contributed by atoms with E-state index in [4.69, 9.17) is 4.74 Å². The predicted molar refractivity (Wildman–Crippen MR) is 95.1 cm³/mol. The van der Waals surface area contributed by atoms with Crippen LogP contribution >= 0.6 is 0 Å². The Hall–Kier alpha value is -1.65. The van der Waals surface area contributed by atoms with Crippen LogP contribution in [-0.2, 0) is 4.74 Å². The van der Waals surface area contributed by atoms with E-state index in [0.29, 0.717) is 12.0 Å². The third-order valence-corrected chi connectivity index (χ3v) is 6.17. The minimum Gasteiger partial charge on any atom is -0.508 e. The molecule has 0 saturated carbocycles. The highest BCUT2D eigenvalue weighted by molar-refractivity contribution is 5.83. The second-order valence-corrected chi connectivity index (χ2v) is 7.19. The summed E-state index contributed by atoms with van der Waals surface area (Å²) in [5.74, 6) is 0.913. The zero-order valence-electron chi connectivity index (χ0n) is 14.5. The molecule has 128 valence electrons. The van der Waals surface area contributed by atoms with Gasteiger partial charge < -0.3 is 15.2 Å². The summed E-state index contributed by atoms with van der Waals surface area (Å²) < 4.78 is 6.80. The van der Waals surface area contributed by atoms with Crippen LogP contribution < -0.4 is 5.32 Å². The van der Waals surface area contributed by atoms with Crippen LogP contribution in [0.5, 0.6) is 5.75 Å². The van der Waals surface area contributed by atoms with E-state index in [0.717, 1.165) is 42.3 Å². The predicted octanol–water partition coefficient (Wildman–Crippen LogP) is 3.94. The number of piperidine rings is 1. The Morgan fingerprint density at radius 2 is 2.12 bits per heavy atom. The van der Waals surface area contributed by atoms with Crippen molar-refractivity contribution in [1.82, 2.24) is 10.3 Å². The van der Waals surface area contributed by atoms with Crippen molar-refractivity contribution in [1.29, 1.82) is 0 Å². The molecule has 2 aromatic rings. The lowest BCUT2D eigenvalue weighted by atomic mass is 9.71. The number of phenolic OH excluding ortho intramolecular Hbond substituents is 1. The minimum atomic E-state index is -0.0321. The quantitative estimate of drug-likeness (QED) is 0.897. The van der Waals surface area contributed by atoms with Gasteiger partial charge in [-0.25, -0.2) is 0 Å². The third kappa shape index (κ3) is 2.40. The molecule has 0 spiro atoms. The van der Waals surface area contributed by atoms with Crippen molar-refractivity contribution in [2.75, 3.05) is 6.54 Å². The van der Waals surface area contributed by atoms with Crippen molar-refractivity contribution in [3.05, 3.63) is 36.0 Å². The highest BCUT2D eigenvalue weighted by Crippen LogP contribution is 2.48. The monoisotopic (exact) mass is 326 g/mol. The number of hydrogen-bond acceptors (Lipinski definition) is 4. The molecule has 4 heteroatoms. The summed E-state index contributed by atoms with van der Waals surface area (Å²) in [5.41, 5.74) is 2.01. The zero-order chi connectivity index (χ0) is 16.7. The number of rotatable bonds is 3. The second-order valence-electron chi connectivity index (χ2n) is 7.19. The van der Waals surface area contributed by atoms with Crippen molar-refractivity contribution >= 4 is 10.9 Å². The van der Waals surface area contributed by atoms with Crippen LogP contribution in [-0.4, -0.2) is 28.3 Å². The molecular formula is C20H26N2O2. The largest absolute Gasteiger partial charge is 0.508 e. The molecule has 2 aliphatic heterocycles. The number of fused-ring (bicyclic) bond motifs is 3. The summed E-state index contributed by atoms with van der Waals surface area (Å²) in [6.07, 6.45) is 6.32. The first-order valence-corrected chi connectivity index (χ1v) is 9.15. The number of hydrogen-bond donors (Lipinski definition) is 2. The molecule has 3 atom stereocenters. The zero-order valence-corrected chi connectivity index (χ0v) is 14.5. The van der Waals surface area contributed by atoms with Gasteiger partial charge in [0.05, 0.1) is 17.2 Å². The number of ether oxygens (including phenoxy) is 1. The molecule has 24 heavy (non-hydrogen) atoms. The molecule has 2 aliphatic rings. The fourth-order valence-corrected chi connectivity index (χ4v) is 4.77. The van der Waals surface area contributed by atoms with Crippen molar-refractivity contribution in [3.63, 3.8) is 0 Å². The van der Waals surface area contributed by atoms with E-state index >= 15 is 0 Å². The number of nitrogens with one attached hydrogen (secondary N) is 1. The van der Waals surface area contributed by atoms with Gasteiger partial charge in [-0.3, -0.25) is 4.98 Å². The van der Waals surface area contributed by atoms with Crippen molar-refractivity contribution in [2.24, 2.45) is 5.92 Å². The number of aromatic nitrogens is 1. The SMILES string of the molecule is CCC1(CC)O[C@@H](c2ccnc3ccc(O)cc23)C2CC1CCN2. The number of pyridine rings is 1. The van der Waals surface area contributed by atoms with Crippen LogP contribution in [0.1, 0.15) is 51.2 Å². The van der Waals surface area contributed by atoms with Crippen molar-refractivity contribution in [2.45, 2.75) is 57.3 Å². The van der Waals surface area contributed by atoms with Gasteiger partial charge in [0.25, 0.3) is 0 Å². The van der Waals surface area contributed by atoms with E-state index in [9.17, 15) is 5.11 Å². The van der Waals surface area contributed by atoms with Crippen LogP contribution in [0.15, 0.2) is 30.5 Å². The first-order valence-electron chi connectivity index (χ1n) is 9.15. The third-order valence-electron chi connectivity index (χ3n) is 6.17. The molecule has 2 N–H and O–H groups in total. The average molecular weight is 326 g/mol. The van der Waals surface area contributed by atoms with E-state index < -0.39 is 0 Å². The van der Waals surface area contributed by atoms with Gasteiger partial charge >= 0.3 is 0 Å². The van der Waals surface area contributed by atoms with Crippen LogP contribution in [0.4, 0.5) is 0 Å². The Morgan fingerprint density at radius 3 is 2.92 bits per heavy atom. The van der Waals surface area contributed by atoms with Gasteiger partial charge in [-0.15, -0.1) is 0 Å². The topological polar surface area (TPSA) is 54.4 Å². The first kappa shape index (κ1) is 15.9. The lowest BCUT2D eigenvalue weighted by Gasteiger charge is -2.53. The second kappa shape index (κ2) is 6.01. The molecule has 2 bridgehead atoms. The summed E-state index contributed by atoms with van der Waals surface area (Å²) in [6.45, 7) is 5.56. The molecule has 3 heterocycles. The molecule has 4 nitrogen and oxygen atoms in total.